The molecule has 1 rings (SSSR count). The molecule has 0 aromatic carbocycles. The van der Waals surface area contributed by atoms with Crippen molar-refractivity contribution in [3.05, 3.63) is 41.2 Å². The zero-order valence-corrected chi connectivity index (χ0v) is 11.2. The Balaban J connectivity index is 0.00000106. The standard InChI is InChI=1S/C12H16N2.C2H6/c1-9(2)5-6-10(3)12-8-7-11(4)13-14-12;1-2/h5-8H,1-4H3;1-2H3/b10-6+;. The lowest BCUT2D eigenvalue weighted by Crippen LogP contribution is -1.91. The second-order valence-electron chi connectivity index (χ2n) is 3.65. The molecule has 0 unspecified atom stereocenters. The van der Waals surface area contributed by atoms with Gasteiger partial charge in [-0.25, -0.2) is 0 Å². The van der Waals surface area contributed by atoms with Crippen LogP contribution in [0.3, 0.4) is 0 Å². The molecule has 0 saturated carbocycles. The van der Waals surface area contributed by atoms with E-state index in [-0.39, 0.29) is 0 Å². The van der Waals surface area contributed by atoms with Crippen molar-refractivity contribution in [2.24, 2.45) is 0 Å². The monoisotopic (exact) mass is 218 g/mol. The molecule has 1 heterocycles. The Morgan fingerprint density at radius 1 is 1.00 bits per heavy atom. The van der Waals surface area contributed by atoms with Gasteiger partial charge >= 0.3 is 0 Å². The van der Waals surface area contributed by atoms with Gasteiger partial charge in [-0.15, -0.1) is 0 Å². The maximum absolute atomic E-state index is 4.11. The molecule has 1 aromatic rings. The number of aryl methyl sites for hydroxylation is 1. The van der Waals surface area contributed by atoms with Crippen molar-refractivity contribution in [3.63, 3.8) is 0 Å². The van der Waals surface area contributed by atoms with E-state index in [0.717, 1.165) is 17.0 Å². The van der Waals surface area contributed by atoms with E-state index in [1.807, 2.05) is 39.8 Å². The predicted molar refractivity (Wildman–Crippen MR) is 71.2 cm³/mol. The van der Waals surface area contributed by atoms with Crippen molar-refractivity contribution < 1.29 is 0 Å². The topological polar surface area (TPSA) is 25.8 Å². The molecule has 0 amide bonds. The van der Waals surface area contributed by atoms with Gasteiger partial charge in [0.2, 0.25) is 0 Å². The molecule has 0 spiro atoms. The molecule has 0 atom stereocenters. The third kappa shape index (κ3) is 5.44. The summed E-state index contributed by atoms with van der Waals surface area (Å²) in [4.78, 5) is 0. The molecule has 0 fully saturated rings. The van der Waals surface area contributed by atoms with Crippen LogP contribution in [0.25, 0.3) is 5.57 Å². The van der Waals surface area contributed by atoms with Crippen LogP contribution in [0.2, 0.25) is 0 Å². The zero-order valence-electron chi connectivity index (χ0n) is 11.2. The van der Waals surface area contributed by atoms with E-state index in [2.05, 4.69) is 36.2 Å². The summed E-state index contributed by atoms with van der Waals surface area (Å²) in [6.07, 6.45) is 4.14. The summed E-state index contributed by atoms with van der Waals surface area (Å²) in [6, 6.07) is 3.97. The van der Waals surface area contributed by atoms with Gasteiger partial charge in [-0.1, -0.05) is 31.6 Å². The van der Waals surface area contributed by atoms with Crippen molar-refractivity contribution in [2.45, 2.75) is 41.5 Å². The van der Waals surface area contributed by atoms with Crippen LogP contribution in [0, 0.1) is 6.92 Å². The van der Waals surface area contributed by atoms with Gasteiger partial charge in [0, 0.05) is 0 Å². The summed E-state index contributed by atoms with van der Waals surface area (Å²) in [5.41, 5.74) is 4.31. The minimum absolute atomic E-state index is 0.938. The second-order valence-corrected chi connectivity index (χ2v) is 3.65. The van der Waals surface area contributed by atoms with Gasteiger partial charge in [-0.3, -0.25) is 0 Å². The van der Waals surface area contributed by atoms with Gasteiger partial charge < -0.3 is 0 Å². The minimum atomic E-state index is 0.938. The summed E-state index contributed by atoms with van der Waals surface area (Å²) >= 11 is 0. The molecule has 16 heavy (non-hydrogen) atoms. The highest BCUT2D eigenvalue weighted by Crippen LogP contribution is 2.10. The van der Waals surface area contributed by atoms with E-state index in [0.29, 0.717) is 0 Å². The highest BCUT2D eigenvalue weighted by molar-refractivity contribution is 5.61. The van der Waals surface area contributed by atoms with Crippen LogP contribution in [0.1, 0.15) is 46.0 Å². The van der Waals surface area contributed by atoms with Crippen LogP contribution in [-0.2, 0) is 0 Å². The zero-order chi connectivity index (χ0) is 12.6. The van der Waals surface area contributed by atoms with E-state index < -0.39 is 0 Å². The van der Waals surface area contributed by atoms with Crippen LogP contribution in [0.5, 0.6) is 0 Å². The Hall–Kier alpha value is -1.44. The van der Waals surface area contributed by atoms with E-state index in [1.165, 1.54) is 5.57 Å². The maximum atomic E-state index is 4.11. The number of aromatic nitrogens is 2. The third-order valence-electron chi connectivity index (χ3n) is 1.87. The summed E-state index contributed by atoms with van der Waals surface area (Å²) in [6.45, 7) is 12.1. The Morgan fingerprint density at radius 2 is 1.62 bits per heavy atom. The molecule has 0 aliphatic carbocycles. The van der Waals surface area contributed by atoms with Crippen LogP contribution in [0.15, 0.2) is 29.9 Å². The molecule has 0 aliphatic rings. The average molecular weight is 218 g/mol. The number of hydrogen-bond acceptors (Lipinski definition) is 2. The van der Waals surface area contributed by atoms with Crippen LogP contribution >= 0.6 is 0 Å². The van der Waals surface area contributed by atoms with Gasteiger partial charge in [0.15, 0.2) is 0 Å². The fourth-order valence-corrected chi connectivity index (χ4v) is 0.986. The quantitative estimate of drug-likeness (QED) is 0.696. The Bertz CT molecular complexity index is 355. The molecule has 2 heteroatoms. The predicted octanol–water partition coefficient (Wildman–Crippen LogP) is 4.18. The van der Waals surface area contributed by atoms with Crippen LogP contribution in [0.4, 0.5) is 0 Å². The van der Waals surface area contributed by atoms with E-state index in [1.54, 1.807) is 0 Å². The lowest BCUT2D eigenvalue weighted by molar-refractivity contribution is 0.963. The van der Waals surface area contributed by atoms with Gasteiger partial charge in [0.25, 0.3) is 0 Å². The fraction of sp³-hybridized carbons (Fsp3) is 0.429. The molecule has 0 radical (unpaired) electrons. The first-order valence-electron chi connectivity index (χ1n) is 5.72. The number of allylic oxidation sites excluding steroid dienone is 4. The molecule has 0 saturated heterocycles. The van der Waals surface area contributed by atoms with Gasteiger partial charge in [-0.2, -0.15) is 10.2 Å². The maximum Gasteiger partial charge on any atom is 0.0886 e. The van der Waals surface area contributed by atoms with Crippen molar-refractivity contribution in [2.75, 3.05) is 0 Å². The van der Waals surface area contributed by atoms with E-state index in [4.69, 9.17) is 0 Å². The largest absolute Gasteiger partial charge is 0.155 e. The molecule has 0 aliphatic heterocycles. The molecule has 1 aromatic heterocycles. The normalized spacial score (nSPS) is 10.2. The molecular weight excluding hydrogens is 196 g/mol. The highest BCUT2D eigenvalue weighted by atomic mass is 15.1. The molecule has 0 bridgehead atoms. The Morgan fingerprint density at radius 3 is 2.06 bits per heavy atom. The molecule has 2 nitrogen and oxygen atoms in total. The summed E-state index contributed by atoms with van der Waals surface area (Å²) in [5.74, 6) is 0. The summed E-state index contributed by atoms with van der Waals surface area (Å²) < 4.78 is 0. The van der Waals surface area contributed by atoms with Crippen molar-refractivity contribution in [1.29, 1.82) is 0 Å². The van der Waals surface area contributed by atoms with Gasteiger partial charge in [0.1, 0.15) is 0 Å². The highest BCUT2D eigenvalue weighted by Gasteiger charge is 1.95. The first-order chi connectivity index (χ1) is 7.59. The second kappa shape index (κ2) is 7.80. The number of nitrogens with zero attached hydrogens (tertiary/aromatic N) is 2. The van der Waals surface area contributed by atoms with Crippen LogP contribution < -0.4 is 0 Å². The number of hydrogen-bond donors (Lipinski definition) is 0. The first kappa shape index (κ1) is 14.6. The third-order valence-corrected chi connectivity index (χ3v) is 1.87. The molecule has 0 N–H and O–H groups in total. The lowest BCUT2D eigenvalue weighted by Gasteiger charge is -1.98. The van der Waals surface area contributed by atoms with Gasteiger partial charge in [-0.05, 0) is 45.4 Å². The lowest BCUT2D eigenvalue weighted by atomic mass is 10.1. The average Bonchev–Trinajstić information content (AvgIpc) is 2.29. The Kier molecular flexibility index (Phi) is 7.10. The minimum Gasteiger partial charge on any atom is -0.155 e. The van der Waals surface area contributed by atoms with Crippen molar-refractivity contribution >= 4 is 5.57 Å². The fourth-order valence-electron chi connectivity index (χ4n) is 0.986. The summed E-state index contributed by atoms with van der Waals surface area (Å²) in [5, 5.41) is 8.12. The summed E-state index contributed by atoms with van der Waals surface area (Å²) in [7, 11) is 0. The first-order valence-corrected chi connectivity index (χ1v) is 5.72. The van der Waals surface area contributed by atoms with E-state index in [9.17, 15) is 0 Å². The smallest absolute Gasteiger partial charge is 0.0886 e. The van der Waals surface area contributed by atoms with Gasteiger partial charge in [0.05, 0.1) is 11.4 Å². The van der Waals surface area contributed by atoms with Crippen molar-refractivity contribution in [1.82, 2.24) is 10.2 Å². The van der Waals surface area contributed by atoms with Crippen LogP contribution in [-0.4, -0.2) is 10.2 Å². The van der Waals surface area contributed by atoms with Crippen molar-refractivity contribution in [3.8, 4) is 0 Å². The van der Waals surface area contributed by atoms with E-state index >= 15 is 0 Å². The molecular formula is C14H22N2. The molecule has 88 valence electrons. The Labute approximate surface area is 99.1 Å². The number of rotatable bonds is 2. The SMILES string of the molecule is CC.CC(C)=C/C=C(\C)c1ccc(C)nn1.